The average Bonchev–Trinajstić information content (AvgIpc) is 2.81. The lowest BCUT2D eigenvalue weighted by Crippen LogP contribution is -2.52. The maximum absolute atomic E-state index is 4.03. The third kappa shape index (κ3) is 2.60. The van der Waals surface area contributed by atoms with E-state index in [2.05, 4.69) is 70.0 Å². The molecule has 0 aromatic heterocycles. The Morgan fingerprint density at radius 2 is 1.60 bits per heavy atom. The van der Waals surface area contributed by atoms with Crippen molar-refractivity contribution in [3.8, 4) is 0 Å². The molecule has 3 heteroatoms. The molecule has 112 valence electrons. The second-order valence-electron chi connectivity index (χ2n) is 7.07. The van der Waals surface area contributed by atoms with Crippen molar-refractivity contribution < 1.29 is 0 Å². The van der Waals surface area contributed by atoms with Gasteiger partial charge in [0.05, 0.1) is 0 Å². The predicted octanol–water partition coefficient (Wildman–Crippen LogP) is 5.24. The van der Waals surface area contributed by atoms with E-state index in [1.807, 2.05) is 0 Å². The third-order valence-electron chi connectivity index (χ3n) is 5.04. The first-order valence-electron chi connectivity index (χ1n) is 8.03. The van der Waals surface area contributed by atoms with Gasteiger partial charge in [-0.1, -0.05) is 41.5 Å². The minimum atomic E-state index is -1.57. The highest BCUT2D eigenvalue weighted by atomic mass is 28.3. The lowest BCUT2D eigenvalue weighted by atomic mass is 10.1. The highest BCUT2D eigenvalue weighted by molar-refractivity contribution is 6.86. The Hall–Kier alpha value is -0.963. The van der Waals surface area contributed by atoms with Crippen LogP contribution in [0.4, 0.5) is 11.4 Å². The number of rotatable bonds is 5. The van der Waals surface area contributed by atoms with Crippen molar-refractivity contribution in [2.75, 3.05) is 16.8 Å². The van der Waals surface area contributed by atoms with E-state index in [4.69, 9.17) is 0 Å². The van der Waals surface area contributed by atoms with Crippen LogP contribution in [0.15, 0.2) is 18.2 Å². The maximum atomic E-state index is 4.03. The minimum Gasteiger partial charge on any atom is -0.410 e. The van der Waals surface area contributed by atoms with Gasteiger partial charge in [0, 0.05) is 17.9 Å². The van der Waals surface area contributed by atoms with Gasteiger partial charge in [0.15, 0.2) is 8.24 Å². The molecule has 0 atom stereocenters. The van der Waals surface area contributed by atoms with Crippen LogP contribution in [-0.4, -0.2) is 14.8 Å². The van der Waals surface area contributed by atoms with Gasteiger partial charge >= 0.3 is 0 Å². The molecule has 0 fully saturated rings. The smallest absolute Gasteiger partial charge is 0.161 e. The van der Waals surface area contributed by atoms with Crippen molar-refractivity contribution >= 4 is 19.6 Å². The fourth-order valence-corrected chi connectivity index (χ4v) is 9.59. The van der Waals surface area contributed by atoms with Crippen LogP contribution in [0.1, 0.15) is 47.1 Å². The molecule has 0 bridgehead atoms. The standard InChI is InChI=1S/C17H30N2Si/c1-12(2)20(13(3)4,14(5)6)19-16-7-8-17-15(11-16)9-10-18-17/h7-8,11-14,18-19H,9-10H2,1-6H3. The molecule has 1 aromatic rings. The van der Waals surface area contributed by atoms with Crippen LogP contribution in [0.25, 0.3) is 0 Å². The summed E-state index contributed by atoms with van der Waals surface area (Å²) < 4.78 is 0. The van der Waals surface area contributed by atoms with Crippen LogP contribution in [0, 0.1) is 0 Å². The zero-order valence-corrected chi connectivity index (χ0v) is 14.9. The average molecular weight is 291 g/mol. The number of nitrogens with one attached hydrogen (secondary N) is 2. The summed E-state index contributed by atoms with van der Waals surface area (Å²) in [5.74, 6) is 0. The summed E-state index contributed by atoms with van der Waals surface area (Å²) in [4.78, 5) is 4.03. The molecule has 2 nitrogen and oxygen atoms in total. The van der Waals surface area contributed by atoms with E-state index in [1.165, 1.54) is 16.9 Å². The first-order valence-corrected chi connectivity index (χ1v) is 10.3. The molecular weight excluding hydrogens is 260 g/mol. The molecule has 1 heterocycles. The summed E-state index contributed by atoms with van der Waals surface area (Å²) in [7, 11) is -1.57. The highest BCUT2D eigenvalue weighted by Crippen LogP contribution is 2.42. The number of anilines is 2. The van der Waals surface area contributed by atoms with E-state index in [0.717, 1.165) is 29.6 Å². The largest absolute Gasteiger partial charge is 0.410 e. The topological polar surface area (TPSA) is 24.1 Å². The first-order chi connectivity index (χ1) is 9.37. The van der Waals surface area contributed by atoms with Crippen LogP contribution in [0.3, 0.4) is 0 Å². The Bertz CT molecular complexity index is 444. The number of hydrogen-bond donors (Lipinski definition) is 2. The van der Waals surface area contributed by atoms with Gasteiger partial charge < -0.3 is 10.3 Å². The summed E-state index contributed by atoms with van der Waals surface area (Å²) in [5.41, 5.74) is 6.31. The highest BCUT2D eigenvalue weighted by Gasteiger charge is 2.43. The molecule has 0 saturated heterocycles. The summed E-state index contributed by atoms with van der Waals surface area (Å²) in [5, 5.41) is 3.44. The van der Waals surface area contributed by atoms with Gasteiger partial charge in [0.1, 0.15) is 0 Å². The molecule has 0 aliphatic carbocycles. The van der Waals surface area contributed by atoms with Gasteiger partial charge in [-0.25, -0.2) is 0 Å². The van der Waals surface area contributed by atoms with Crippen LogP contribution < -0.4 is 10.3 Å². The number of benzene rings is 1. The fourth-order valence-electron chi connectivity index (χ4n) is 4.07. The zero-order valence-electron chi connectivity index (χ0n) is 13.9. The molecule has 0 radical (unpaired) electrons. The first kappa shape index (κ1) is 15.4. The zero-order chi connectivity index (χ0) is 14.9. The van der Waals surface area contributed by atoms with Gasteiger partial charge in [0.2, 0.25) is 0 Å². The Labute approximate surface area is 125 Å². The maximum Gasteiger partial charge on any atom is 0.161 e. The molecule has 0 spiro atoms. The number of fused-ring (bicyclic) bond motifs is 1. The van der Waals surface area contributed by atoms with Gasteiger partial charge in [-0.2, -0.15) is 0 Å². The molecule has 1 aliphatic rings. The van der Waals surface area contributed by atoms with E-state index in [0.29, 0.717) is 0 Å². The summed E-state index contributed by atoms with van der Waals surface area (Å²) in [6, 6.07) is 6.86. The number of hydrogen-bond acceptors (Lipinski definition) is 2. The lowest BCUT2D eigenvalue weighted by Gasteiger charge is -2.44. The quantitative estimate of drug-likeness (QED) is 0.724. The van der Waals surface area contributed by atoms with Gasteiger partial charge in [-0.15, -0.1) is 0 Å². The summed E-state index contributed by atoms with van der Waals surface area (Å²) in [6.07, 6.45) is 1.16. The second-order valence-corrected chi connectivity index (χ2v) is 12.7. The summed E-state index contributed by atoms with van der Waals surface area (Å²) in [6.45, 7) is 15.5. The van der Waals surface area contributed by atoms with Crippen molar-refractivity contribution in [2.24, 2.45) is 0 Å². The van der Waals surface area contributed by atoms with Crippen LogP contribution in [0.5, 0.6) is 0 Å². The molecule has 0 saturated carbocycles. The molecule has 1 aliphatic heterocycles. The Morgan fingerprint density at radius 1 is 1.00 bits per heavy atom. The lowest BCUT2D eigenvalue weighted by molar-refractivity contribution is 0.821. The van der Waals surface area contributed by atoms with E-state index in [1.54, 1.807) is 0 Å². The minimum absolute atomic E-state index is 0.730. The van der Waals surface area contributed by atoms with Gasteiger partial charge in [0.25, 0.3) is 0 Å². The SMILES string of the molecule is CC(C)[Si](Nc1ccc2c(c1)CCN2)(C(C)C)C(C)C. The van der Waals surface area contributed by atoms with Crippen LogP contribution in [-0.2, 0) is 6.42 Å². The molecule has 20 heavy (non-hydrogen) atoms. The molecule has 0 amide bonds. The summed E-state index contributed by atoms with van der Waals surface area (Å²) >= 11 is 0. The Morgan fingerprint density at radius 3 is 2.15 bits per heavy atom. The molecule has 2 rings (SSSR count). The van der Waals surface area contributed by atoms with Gasteiger partial charge in [-0.3, -0.25) is 0 Å². The predicted molar refractivity (Wildman–Crippen MR) is 93.3 cm³/mol. The molecule has 1 aromatic carbocycles. The van der Waals surface area contributed by atoms with E-state index in [-0.39, 0.29) is 0 Å². The van der Waals surface area contributed by atoms with Crippen LogP contribution >= 0.6 is 0 Å². The molecule has 2 N–H and O–H groups in total. The fraction of sp³-hybridized carbons (Fsp3) is 0.647. The molecular formula is C17H30N2Si. The van der Waals surface area contributed by atoms with Crippen molar-refractivity contribution in [2.45, 2.75) is 64.6 Å². The second kappa shape index (κ2) is 5.80. The van der Waals surface area contributed by atoms with Crippen molar-refractivity contribution in [3.63, 3.8) is 0 Å². The third-order valence-corrected chi connectivity index (χ3v) is 11.5. The Balaban J connectivity index is 2.32. The monoisotopic (exact) mass is 290 g/mol. The Kier molecular flexibility index (Phi) is 4.48. The van der Waals surface area contributed by atoms with E-state index >= 15 is 0 Å². The molecule has 0 unspecified atom stereocenters. The van der Waals surface area contributed by atoms with E-state index < -0.39 is 8.24 Å². The normalized spacial score (nSPS) is 14.8. The van der Waals surface area contributed by atoms with Crippen LogP contribution in [0.2, 0.25) is 16.6 Å². The van der Waals surface area contributed by atoms with Crippen molar-refractivity contribution in [1.82, 2.24) is 0 Å². The van der Waals surface area contributed by atoms with E-state index in [9.17, 15) is 0 Å². The van der Waals surface area contributed by atoms with Gasteiger partial charge in [-0.05, 0) is 46.8 Å². The van der Waals surface area contributed by atoms with Crippen molar-refractivity contribution in [3.05, 3.63) is 23.8 Å². The van der Waals surface area contributed by atoms with Crippen molar-refractivity contribution in [1.29, 1.82) is 0 Å².